The monoisotopic (exact) mass is 305 g/mol. The molecule has 2 aromatic rings. The van der Waals surface area contributed by atoms with Crippen molar-refractivity contribution in [3.05, 3.63) is 41.2 Å². The van der Waals surface area contributed by atoms with Crippen LogP contribution in [0.1, 0.15) is 5.56 Å². The third-order valence-corrected chi connectivity index (χ3v) is 4.18. The SMILES string of the molecule is Cn1cc(CN2CCN(c3c(N)cccc3Cl)CC2)cn1. The highest BCUT2D eigenvalue weighted by Crippen LogP contribution is 2.32. The minimum atomic E-state index is 0.732. The van der Waals surface area contributed by atoms with Crippen molar-refractivity contribution in [2.45, 2.75) is 6.54 Å². The lowest BCUT2D eigenvalue weighted by Crippen LogP contribution is -2.46. The highest BCUT2D eigenvalue weighted by Gasteiger charge is 2.20. The molecule has 1 fully saturated rings. The quantitative estimate of drug-likeness (QED) is 0.881. The first-order chi connectivity index (χ1) is 10.1. The van der Waals surface area contributed by atoms with E-state index < -0.39 is 0 Å². The molecule has 5 nitrogen and oxygen atoms in total. The van der Waals surface area contributed by atoms with E-state index in [0.717, 1.165) is 49.1 Å². The van der Waals surface area contributed by atoms with Crippen molar-refractivity contribution in [2.24, 2.45) is 7.05 Å². The van der Waals surface area contributed by atoms with E-state index in [1.807, 2.05) is 36.1 Å². The van der Waals surface area contributed by atoms with E-state index in [-0.39, 0.29) is 0 Å². The normalized spacial score (nSPS) is 16.4. The molecule has 2 heterocycles. The number of para-hydroxylation sites is 1. The molecular formula is C15H20ClN5. The van der Waals surface area contributed by atoms with Crippen LogP contribution in [0.3, 0.4) is 0 Å². The van der Waals surface area contributed by atoms with Crippen LogP contribution >= 0.6 is 11.6 Å². The zero-order chi connectivity index (χ0) is 14.8. The van der Waals surface area contributed by atoms with Crippen LogP contribution in [0.25, 0.3) is 0 Å². The van der Waals surface area contributed by atoms with Crippen molar-refractivity contribution in [1.29, 1.82) is 0 Å². The Kier molecular flexibility index (Phi) is 4.03. The second-order valence-electron chi connectivity index (χ2n) is 5.46. The first-order valence-corrected chi connectivity index (χ1v) is 7.50. The third kappa shape index (κ3) is 3.14. The summed E-state index contributed by atoms with van der Waals surface area (Å²) in [4.78, 5) is 4.71. The van der Waals surface area contributed by atoms with Crippen LogP contribution in [0.2, 0.25) is 5.02 Å². The topological polar surface area (TPSA) is 50.3 Å². The number of hydrogen-bond donors (Lipinski definition) is 1. The molecular weight excluding hydrogens is 286 g/mol. The van der Waals surface area contributed by atoms with Gasteiger partial charge in [-0.3, -0.25) is 9.58 Å². The Balaban J connectivity index is 1.62. The summed E-state index contributed by atoms with van der Waals surface area (Å²) in [5.74, 6) is 0. The predicted octanol–water partition coefficient (Wildman–Crippen LogP) is 1.98. The molecule has 1 aliphatic heterocycles. The number of piperazine rings is 1. The Hall–Kier alpha value is -1.72. The molecule has 0 spiro atoms. The van der Waals surface area contributed by atoms with Gasteiger partial charge in [-0.05, 0) is 12.1 Å². The highest BCUT2D eigenvalue weighted by atomic mass is 35.5. The summed E-state index contributed by atoms with van der Waals surface area (Å²) in [7, 11) is 1.95. The maximum Gasteiger partial charge on any atom is 0.0790 e. The summed E-state index contributed by atoms with van der Waals surface area (Å²) >= 11 is 6.29. The summed E-state index contributed by atoms with van der Waals surface area (Å²) in [6.07, 6.45) is 4.00. The van der Waals surface area contributed by atoms with Gasteiger partial charge in [0.15, 0.2) is 0 Å². The molecule has 0 unspecified atom stereocenters. The van der Waals surface area contributed by atoms with Crippen LogP contribution in [0.15, 0.2) is 30.6 Å². The summed E-state index contributed by atoms with van der Waals surface area (Å²) in [5.41, 5.74) is 9.04. The standard InChI is InChI=1S/C15H20ClN5/c1-19-10-12(9-18-19)11-20-5-7-21(8-6-20)15-13(16)3-2-4-14(15)17/h2-4,9-10H,5-8,11,17H2,1H3. The van der Waals surface area contributed by atoms with Gasteiger partial charge in [0.05, 0.1) is 22.6 Å². The van der Waals surface area contributed by atoms with Gasteiger partial charge in [-0.1, -0.05) is 17.7 Å². The van der Waals surface area contributed by atoms with E-state index in [1.165, 1.54) is 5.56 Å². The van der Waals surface area contributed by atoms with Gasteiger partial charge >= 0.3 is 0 Å². The molecule has 0 aliphatic carbocycles. The number of benzene rings is 1. The van der Waals surface area contributed by atoms with Crippen molar-refractivity contribution in [2.75, 3.05) is 36.8 Å². The molecule has 112 valence electrons. The molecule has 0 radical (unpaired) electrons. The Morgan fingerprint density at radius 3 is 2.62 bits per heavy atom. The van der Waals surface area contributed by atoms with Gasteiger partial charge in [-0.2, -0.15) is 5.10 Å². The van der Waals surface area contributed by atoms with E-state index >= 15 is 0 Å². The number of nitrogens with two attached hydrogens (primary N) is 1. The lowest BCUT2D eigenvalue weighted by atomic mass is 10.2. The minimum Gasteiger partial charge on any atom is -0.397 e. The molecule has 1 aromatic heterocycles. The van der Waals surface area contributed by atoms with E-state index in [9.17, 15) is 0 Å². The number of rotatable bonds is 3. The molecule has 21 heavy (non-hydrogen) atoms. The first-order valence-electron chi connectivity index (χ1n) is 7.12. The average molecular weight is 306 g/mol. The highest BCUT2D eigenvalue weighted by molar-refractivity contribution is 6.34. The van der Waals surface area contributed by atoms with Crippen LogP contribution in [0, 0.1) is 0 Å². The van der Waals surface area contributed by atoms with Gasteiger partial charge in [0, 0.05) is 51.5 Å². The second kappa shape index (κ2) is 5.95. The fraction of sp³-hybridized carbons (Fsp3) is 0.400. The average Bonchev–Trinajstić information content (AvgIpc) is 2.86. The predicted molar refractivity (Wildman–Crippen MR) is 86.6 cm³/mol. The zero-order valence-electron chi connectivity index (χ0n) is 12.2. The van der Waals surface area contributed by atoms with E-state index in [0.29, 0.717) is 0 Å². The first kappa shape index (κ1) is 14.2. The zero-order valence-corrected chi connectivity index (χ0v) is 12.9. The number of nitrogen functional groups attached to an aromatic ring is 1. The summed E-state index contributed by atoms with van der Waals surface area (Å²) in [5, 5.41) is 4.95. The number of hydrogen-bond acceptors (Lipinski definition) is 4. The lowest BCUT2D eigenvalue weighted by Gasteiger charge is -2.36. The van der Waals surface area contributed by atoms with Gasteiger partial charge < -0.3 is 10.6 Å². The number of anilines is 2. The van der Waals surface area contributed by atoms with Crippen molar-refractivity contribution < 1.29 is 0 Å². The molecule has 0 bridgehead atoms. The summed E-state index contributed by atoms with van der Waals surface area (Å²) in [6, 6.07) is 5.69. The van der Waals surface area contributed by atoms with Crippen LogP contribution in [-0.2, 0) is 13.6 Å². The van der Waals surface area contributed by atoms with Gasteiger partial charge in [-0.25, -0.2) is 0 Å². The fourth-order valence-corrected chi connectivity index (χ4v) is 3.11. The fourth-order valence-electron chi connectivity index (χ4n) is 2.81. The van der Waals surface area contributed by atoms with Crippen LogP contribution in [0.4, 0.5) is 11.4 Å². The Morgan fingerprint density at radius 1 is 1.24 bits per heavy atom. The van der Waals surface area contributed by atoms with Gasteiger partial charge in [0.25, 0.3) is 0 Å². The maximum atomic E-state index is 6.29. The molecule has 1 saturated heterocycles. The number of aromatic nitrogens is 2. The largest absolute Gasteiger partial charge is 0.397 e. The van der Waals surface area contributed by atoms with E-state index in [2.05, 4.69) is 21.1 Å². The van der Waals surface area contributed by atoms with E-state index in [1.54, 1.807) is 0 Å². The molecule has 0 amide bonds. The van der Waals surface area contributed by atoms with Crippen LogP contribution < -0.4 is 10.6 Å². The molecule has 0 atom stereocenters. The Morgan fingerprint density at radius 2 is 2.00 bits per heavy atom. The van der Waals surface area contributed by atoms with Crippen molar-refractivity contribution in [1.82, 2.24) is 14.7 Å². The number of aryl methyl sites for hydroxylation is 1. The molecule has 6 heteroatoms. The molecule has 1 aromatic carbocycles. The molecule has 0 saturated carbocycles. The summed E-state index contributed by atoms with van der Waals surface area (Å²) < 4.78 is 1.84. The van der Waals surface area contributed by atoms with Gasteiger partial charge in [0.1, 0.15) is 0 Å². The molecule has 2 N–H and O–H groups in total. The van der Waals surface area contributed by atoms with Gasteiger partial charge in [-0.15, -0.1) is 0 Å². The molecule has 1 aliphatic rings. The van der Waals surface area contributed by atoms with E-state index in [4.69, 9.17) is 17.3 Å². The Labute approximate surface area is 129 Å². The smallest absolute Gasteiger partial charge is 0.0790 e. The maximum absolute atomic E-state index is 6.29. The van der Waals surface area contributed by atoms with Crippen molar-refractivity contribution in [3.63, 3.8) is 0 Å². The van der Waals surface area contributed by atoms with Crippen molar-refractivity contribution >= 4 is 23.0 Å². The van der Waals surface area contributed by atoms with Crippen LogP contribution in [-0.4, -0.2) is 40.9 Å². The molecule has 3 rings (SSSR count). The van der Waals surface area contributed by atoms with Crippen LogP contribution in [0.5, 0.6) is 0 Å². The number of halogens is 1. The minimum absolute atomic E-state index is 0.732. The second-order valence-corrected chi connectivity index (χ2v) is 5.87. The lowest BCUT2D eigenvalue weighted by molar-refractivity contribution is 0.250. The number of nitrogens with zero attached hydrogens (tertiary/aromatic N) is 4. The van der Waals surface area contributed by atoms with Gasteiger partial charge in [0.2, 0.25) is 0 Å². The van der Waals surface area contributed by atoms with Crippen molar-refractivity contribution in [3.8, 4) is 0 Å². The third-order valence-electron chi connectivity index (χ3n) is 3.87. The Bertz CT molecular complexity index is 596. The summed E-state index contributed by atoms with van der Waals surface area (Å²) in [6.45, 7) is 4.82.